The Bertz CT molecular complexity index is 713. The molecule has 1 aromatic heterocycles. The second kappa shape index (κ2) is 5.64. The average Bonchev–Trinajstić information content (AvgIpc) is 2.84. The summed E-state index contributed by atoms with van der Waals surface area (Å²) in [4.78, 5) is 11.4. The molecule has 0 unspecified atom stereocenters. The fraction of sp³-hybridized carbons (Fsp3) is 0.154. The molecule has 1 N–H and O–H groups in total. The smallest absolute Gasteiger partial charge is 0.346 e. The van der Waals surface area contributed by atoms with E-state index in [4.69, 9.17) is 9.84 Å². The summed E-state index contributed by atoms with van der Waals surface area (Å²) in [5.41, 5.74) is 0.592. The molecule has 0 fully saturated rings. The number of sulfone groups is 1. The maximum absolute atomic E-state index is 11.3. The fourth-order valence-corrected chi connectivity index (χ4v) is 2.96. The molecule has 0 radical (unpaired) electrons. The Hall–Kier alpha value is -1.86. The van der Waals surface area contributed by atoms with Crippen LogP contribution < -0.4 is 4.74 Å². The van der Waals surface area contributed by atoms with Gasteiger partial charge in [-0.1, -0.05) is 0 Å². The Balaban J connectivity index is 2.08. The normalized spacial score (nSPS) is 11.2. The highest BCUT2D eigenvalue weighted by Gasteiger charge is 2.12. The van der Waals surface area contributed by atoms with E-state index < -0.39 is 15.8 Å². The van der Waals surface area contributed by atoms with Gasteiger partial charge in [0.2, 0.25) is 0 Å². The summed E-state index contributed by atoms with van der Waals surface area (Å²) in [7, 11) is -3.23. The van der Waals surface area contributed by atoms with Crippen LogP contribution in [0.1, 0.15) is 15.2 Å². The van der Waals surface area contributed by atoms with Crippen LogP contribution in [0.25, 0.3) is 0 Å². The summed E-state index contributed by atoms with van der Waals surface area (Å²) in [5.74, 6) is -0.494. The average molecular weight is 312 g/mol. The summed E-state index contributed by atoms with van der Waals surface area (Å²) in [6, 6.07) is 7.69. The summed E-state index contributed by atoms with van der Waals surface area (Å²) in [6.07, 6.45) is 1.13. The summed E-state index contributed by atoms with van der Waals surface area (Å²) < 4.78 is 28.1. The zero-order chi connectivity index (χ0) is 14.8. The van der Waals surface area contributed by atoms with E-state index in [2.05, 4.69) is 0 Å². The van der Waals surface area contributed by atoms with Crippen molar-refractivity contribution >= 4 is 27.1 Å². The molecule has 0 aliphatic rings. The van der Waals surface area contributed by atoms with Gasteiger partial charge in [0, 0.05) is 11.8 Å². The molecule has 7 heteroatoms. The molecule has 2 rings (SSSR count). The fourth-order valence-electron chi connectivity index (χ4n) is 1.58. The number of hydrogen-bond acceptors (Lipinski definition) is 5. The van der Waals surface area contributed by atoms with Crippen molar-refractivity contribution in [2.24, 2.45) is 0 Å². The standard InChI is InChI=1S/C13H12O5S2/c1-20(16,17)11-4-2-10(3-5-11)18-8-9-6-7-19-12(9)13(14)15/h2-7H,8H2,1H3,(H,14,15). The molecule has 20 heavy (non-hydrogen) atoms. The molecular formula is C13H12O5S2. The largest absolute Gasteiger partial charge is 0.489 e. The highest BCUT2D eigenvalue weighted by Crippen LogP contribution is 2.21. The number of carboxylic acid groups (broad SMARTS) is 1. The van der Waals surface area contributed by atoms with Crippen LogP contribution in [0.15, 0.2) is 40.6 Å². The van der Waals surface area contributed by atoms with Crippen LogP contribution >= 0.6 is 11.3 Å². The highest BCUT2D eigenvalue weighted by molar-refractivity contribution is 7.90. The molecule has 0 aliphatic heterocycles. The van der Waals surface area contributed by atoms with Crippen LogP contribution in [-0.2, 0) is 16.4 Å². The zero-order valence-electron chi connectivity index (χ0n) is 10.6. The van der Waals surface area contributed by atoms with Crippen LogP contribution in [0.2, 0.25) is 0 Å². The van der Waals surface area contributed by atoms with Crippen LogP contribution in [0.3, 0.4) is 0 Å². The van der Waals surface area contributed by atoms with Crippen molar-refractivity contribution in [1.29, 1.82) is 0 Å². The van der Waals surface area contributed by atoms with Gasteiger partial charge in [-0.25, -0.2) is 13.2 Å². The molecule has 0 amide bonds. The van der Waals surface area contributed by atoms with Crippen molar-refractivity contribution < 1.29 is 23.1 Å². The number of aromatic carboxylic acids is 1. The number of ether oxygens (including phenoxy) is 1. The van der Waals surface area contributed by atoms with E-state index in [9.17, 15) is 13.2 Å². The minimum absolute atomic E-state index is 0.128. The maximum Gasteiger partial charge on any atom is 0.346 e. The van der Waals surface area contributed by atoms with E-state index in [0.717, 1.165) is 17.6 Å². The van der Waals surface area contributed by atoms with Gasteiger partial charge < -0.3 is 9.84 Å². The third kappa shape index (κ3) is 3.37. The molecular weight excluding hydrogens is 300 g/mol. The number of hydrogen-bond donors (Lipinski definition) is 1. The zero-order valence-corrected chi connectivity index (χ0v) is 12.2. The predicted molar refractivity (Wildman–Crippen MR) is 75.2 cm³/mol. The van der Waals surface area contributed by atoms with Crippen molar-refractivity contribution in [2.45, 2.75) is 11.5 Å². The molecule has 0 saturated heterocycles. The van der Waals surface area contributed by atoms with Gasteiger partial charge in [-0.2, -0.15) is 0 Å². The highest BCUT2D eigenvalue weighted by atomic mass is 32.2. The second-order valence-electron chi connectivity index (χ2n) is 4.11. The van der Waals surface area contributed by atoms with E-state index in [-0.39, 0.29) is 16.4 Å². The number of carboxylic acids is 1. The second-order valence-corrected chi connectivity index (χ2v) is 7.04. The van der Waals surface area contributed by atoms with E-state index in [0.29, 0.717) is 11.3 Å². The lowest BCUT2D eigenvalue weighted by atomic mass is 10.2. The lowest BCUT2D eigenvalue weighted by molar-refractivity contribution is 0.0699. The molecule has 2 aromatic rings. The first-order valence-electron chi connectivity index (χ1n) is 5.60. The molecule has 0 atom stereocenters. The van der Waals surface area contributed by atoms with Gasteiger partial charge in [0.1, 0.15) is 17.2 Å². The summed E-state index contributed by atoms with van der Waals surface area (Å²) in [6.45, 7) is 0.128. The molecule has 0 saturated carbocycles. The number of thiophene rings is 1. The van der Waals surface area contributed by atoms with Crippen LogP contribution in [-0.4, -0.2) is 25.7 Å². The van der Waals surface area contributed by atoms with Gasteiger partial charge in [0.05, 0.1) is 4.90 Å². The van der Waals surface area contributed by atoms with Crippen molar-refractivity contribution in [3.8, 4) is 5.75 Å². The van der Waals surface area contributed by atoms with Crippen LogP contribution in [0.4, 0.5) is 0 Å². The Labute approximate surface area is 120 Å². The van der Waals surface area contributed by atoms with E-state index in [1.54, 1.807) is 23.6 Å². The minimum atomic E-state index is -3.23. The Morgan fingerprint density at radius 2 is 1.90 bits per heavy atom. The molecule has 1 heterocycles. The number of rotatable bonds is 5. The maximum atomic E-state index is 11.3. The summed E-state index contributed by atoms with van der Waals surface area (Å²) in [5, 5.41) is 10.7. The Kier molecular flexibility index (Phi) is 4.10. The van der Waals surface area contributed by atoms with Crippen molar-refractivity contribution in [1.82, 2.24) is 0 Å². The predicted octanol–water partition coefficient (Wildman–Crippen LogP) is 2.43. The van der Waals surface area contributed by atoms with Crippen LogP contribution in [0.5, 0.6) is 5.75 Å². The van der Waals surface area contributed by atoms with Crippen molar-refractivity contribution in [3.63, 3.8) is 0 Å². The molecule has 0 aliphatic carbocycles. The first-order valence-corrected chi connectivity index (χ1v) is 8.37. The molecule has 0 spiro atoms. The molecule has 1 aromatic carbocycles. The lowest BCUT2D eigenvalue weighted by Crippen LogP contribution is -2.02. The first-order chi connectivity index (χ1) is 9.38. The van der Waals surface area contributed by atoms with Crippen molar-refractivity contribution in [2.75, 3.05) is 6.26 Å². The van der Waals surface area contributed by atoms with Gasteiger partial charge in [0.15, 0.2) is 9.84 Å². The third-order valence-electron chi connectivity index (χ3n) is 2.59. The van der Waals surface area contributed by atoms with Crippen LogP contribution in [0, 0.1) is 0 Å². The van der Waals surface area contributed by atoms with Gasteiger partial charge >= 0.3 is 5.97 Å². The minimum Gasteiger partial charge on any atom is -0.489 e. The topological polar surface area (TPSA) is 80.7 Å². The Morgan fingerprint density at radius 3 is 2.45 bits per heavy atom. The lowest BCUT2D eigenvalue weighted by Gasteiger charge is -2.06. The molecule has 106 valence electrons. The first kappa shape index (κ1) is 14.5. The quantitative estimate of drug-likeness (QED) is 0.917. The Morgan fingerprint density at radius 1 is 1.25 bits per heavy atom. The van der Waals surface area contributed by atoms with Gasteiger partial charge in [-0.05, 0) is 35.7 Å². The van der Waals surface area contributed by atoms with E-state index >= 15 is 0 Å². The van der Waals surface area contributed by atoms with Gasteiger partial charge in [-0.3, -0.25) is 0 Å². The van der Waals surface area contributed by atoms with Gasteiger partial charge in [0.25, 0.3) is 0 Å². The monoisotopic (exact) mass is 312 g/mol. The number of benzene rings is 1. The SMILES string of the molecule is CS(=O)(=O)c1ccc(OCc2ccsc2C(=O)O)cc1. The van der Waals surface area contributed by atoms with E-state index in [1.807, 2.05) is 0 Å². The molecule has 5 nitrogen and oxygen atoms in total. The van der Waals surface area contributed by atoms with E-state index in [1.165, 1.54) is 12.1 Å². The third-order valence-corrected chi connectivity index (χ3v) is 4.66. The molecule has 0 bridgehead atoms. The number of carbonyl (C=O) groups is 1. The van der Waals surface area contributed by atoms with Gasteiger partial charge in [-0.15, -0.1) is 11.3 Å². The summed E-state index contributed by atoms with van der Waals surface area (Å²) >= 11 is 1.14. The van der Waals surface area contributed by atoms with Crippen molar-refractivity contribution in [3.05, 3.63) is 46.2 Å².